The quantitative estimate of drug-likeness (QED) is 0.744. The van der Waals surface area contributed by atoms with E-state index in [9.17, 15) is 9.59 Å². The summed E-state index contributed by atoms with van der Waals surface area (Å²) in [4.78, 5) is 24.8. The van der Waals surface area contributed by atoms with Gasteiger partial charge in [-0.2, -0.15) is 0 Å². The third kappa shape index (κ3) is 4.11. The fourth-order valence-corrected chi connectivity index (χ4v) is 3.95. The number of aliphatic carboxylic acids is 1. The molecule has 0 aliphatic rings. The Kier molecular flexibility index (Phi) is 6.65. The van der Waals surface area contributed by atoms with Crippen molar-refractivity contribution in [2.45, 2.75) is 52.9 Å². The SMILES string of the molecule is CCC(CC)(c1ccc(C)c(C)c1)c1ccc(C(=O)N(C)CC(=O)O)c(C)c1. The number of carbonyl (C=O) groups excluding carboxylic acids is 1. The Hall–Kier alpha value is -2.62. The van der Waals surface area contributed by atoms with Crippen molar-refractivity contribution in [1.82, 2.24) is 4.90 Å². The molecule has 28 heavy (non-hydrogen) atoms. The van der Waals surface area contributed by atoms with E-state index in [0.717, 1.165) is 18.4 Å². The third-order valence-electron chi connectivity index (χ3n) is 6.00. The van der Waals surface area contributed by atoms with Crippen LogP contribution in [0.25, 0.3) is 0 Å². The zero-order valence-electron chi connectivity index (χ0n) is 17.8. The molecule has 0 spiro atoms. The van der Waals surface area contributed by atoms with Crippen molar-refractivity contribution in [1.29, 1.82) is 0 Å². The molecular weight excluding hydrogens is 350 g/mol. The molecule has 0 aromatic heterocycles. The summed E-state index contributed by atoms with van der Waals surface area (Å²) < 4.78 is 0. The Morgan fingerprint density at radius 1 is 0.893 bits per heavy atom. The maximum absolute atomic E-state index is 12.6. The molecule has 0 aliphatic carbocycles. The maximum Gasteiger partial charge on any atom is 0.323 e. The van der Waals surface area contributed by atoms with Gasteiger partial charge in [-0.3, -0.25) is 9.59 Å². The second-order valence-corrected chi connectivity index (χ2v) is 7.67. The van der Waals surface area contributed by atoms with Gasteiger partial charge < -0.3 is 10.0 Å². The topological polar surface area (TPSA) is 57.6 Å². The molecule has 2 rings (SSSR count). The van der Waals surface area contributed by atoms with Gasteiger partial charge in [-0.15, -0.1) is 0 Å². The Bertz CT molecular complexity index is 881. The molecular formula is C24H31NO3. The molecule has 0 saturated heterocycles. The highest BCUT2D eigenvalue weighted by Gasteiger charge is 2.31. The minimum Gasteiger partial charge on any atom is -0.480 e. The van der Waals surface area contributed by atoms with Crippen LogP contribution in [0.1, 0.15) is 64.9 Å². The standard InChI is InChI=1S/C24H31NO3/c1-7-24(8-2,19-10-9-16(3)17(4)13-19)20-11-12-21(18(5)14-20)23(28)25(6)15-22(26)27/h9-14H,7-8,15H2,1-6H3,(H,26,27). The molecule has 0 aliphatic heterocycles. The normalized spacial score (nSPS) is 11.4. The number of rotatable bonds is 7. The molecule has 1 N–H and O–H groups in total. The lowest BCUT2D eigenvalue weighted by Crippen LogP contribution is -2.32. The van der Waals surface area contributed by atoms with Crippen LogP contribution in [0.15, 0.2) is 36.4 Å². The van der Waals surface area contributed by atoms with E-state index in [1.54, 1.807) is 0 Å². The van der Waals surface area contributed by atoms with E-state index in [1.165, 1.54) is 34.2 Å². The Balaban J connectivity index is 2.49. The number of benzene rings is 2. The van der Waals surface area contributed by atoms with Gasteiger partial charge in [0.15, 0.2) is 0 Å². The van der Waals surface area contributed by atoms with Crippen molar-refractivity contribution in [2.75, 3.05) is 13.6 Å². The summed E-state index contributed by atoms with van der Waals surface area (Å²) in [6.45, 7) is 10.3. The van der Waals surface area contributed by atoms with Crippen LogP contribution < -0.4 is 0 Å². The molecule has 0 radical (unpaired) electrons. The summed E-state index contributed by atoms with van der Waals surface area (Å²) >= 11 is 0. The van der Waals surface area contributed by atoms with Gasteiger partial charge in [0.05, 0.1) is 0 Å². The van der Waals surface area contributed by atoms with Crippen LogP contribution in [0.2, 0.25) is 0 Å². The lowest BCUT2D eigenvalue weighted by atomic mass is 9.69. The van der Waals surface area contributed by atoms with Crippen LogP contribution in [-0.2, 0) is 10.2 Å². The number of aryl methyl sites for hydroxylation is 3. The summed E-state index contributed by atoms with van der Waals surface area (Å²) in [7, 11) is 1.52. The summed E-state index contributed by atoms with van der Waals surface area (Å²) in [6, 6.07) is 12.6. The van der Waals surface area contributed by atoms with E-state index in [4.69, 9.17) is 5.11 Å². The summed E-state index contributed by atoms with van der Waals surface area (Å²) in [6.07, 6.45) is 1.91. The number of carboxylic acids is 1. The van der Waals surface area contributed by atoms with Gasteiger partial charge in [0.1, 0.15) is 6.54 Å². The summed E-state index contributed by atoms with van der Waals surface area (Å²) in [5.41, 5.74) is 6.35. The first-order valence-electron chi connectivity index (χ1n) is 9.82. The molecule has 0 fully saturated rings. The second kappa shape index (κ2) is 8.59. The lowest BCUT2D eigenvalue weighted by molar-refractivity contribution is -0.137. The maximum atomic E-state index is 12.6. The lowest BCUT2D eigenvalue weighted by Gasteiger charge is -2.34. The van der Waals surface area contributed by atoms with Gasteiger partial charge in [-0.05, 0) is 67.5 Å². The predicted octanol–water partition coefficient (Wildman–Crippen LogP) is 4.87. The third-order valence-corrected chi connectivity index (χ3v) is 6.00. The number of carboxylic acid groups (broad SMARTS) is 1. The molecule has 150 valence electrons. The molecule has 0 heterocycles. The van der Waals surface area contributed by atoms with E-state index < -0.39 is 5.97 Å². The van der Waals surface area contributed by atoms with Crippen molar-refractivity contribution in [2.24, 2.45) is 0 Å². The predicted molar refractivity (Wildman–Crippen MR) is 113 cm³/mol. The first-order valence-corrected chi connectivity index (χ1v) is 9.82. The summed E-state index contributed by atoms with van der Waals surface area (Å²) in [5.74, 6) is -1.29. The Morgan fingerprint density at radius 3 is 1.89 bits per heavy atom. The molecule has 0 unspecified atom stereocenters. The molecule has 4 nitrogen and oxygen atoms in total. The van der Waals surface area contributed by atoms with Crippen LogP contribution in [-0.4, -0.2) is 35.5 Å². The van der Waals surface area contributed by atoms with Gasteiger partial charge in [0.25, 0.3) is 5.91 Å². The van der Waals surface area contributed by atoms with Crippen LogP contribution >= 0.6 is 0 Å². The largest absolute Gasteiger partial charge is 0.480 e. The van der Waals surface area contributed by atoms with Gasteiger partial charge in [-0.1, -0.05) is 44.2 Å². The first-order chi connectivity index (χ1) is 13.2. The van der Waals surface area contributed by atoms with Crippen LogP contribution in [0.3, 0.4) is 0 Å². The van der Waals surface area contributed by atoms with Crippen molar-refractivity contribution in [3.8, 4) is 0 Å². The van der Waals surface area contributed by atoms with E-state index >= 15 is 0 Å². The molecule has 0 atom stereocenters. The first kappa shape index (κ1) is 21.7. The average molecular weight is 382 g/mol. The fraction of sp³-hybridized carbons (Fsp3) is 0.417. The molecule has 0 bridgehead atoms. The highest BCUT2D eigenvalue weighted by molar-refractivity contribution is 5.97. The Morgan fingerprint density at radius 2 is 1.43 bits per heavy atom. The number of hydrogen-bond acceptors (Lipinski definition) is 2. The minimum absolute atomic E-state index is 0.113. The van der Waals surface area contributed by atoms with Crippen LogP contribution in [0, 0.1) is 20.8 Å². The smallest absolute Gasteiger partial charge is 0.323 e. The second-order valence-electron chi connectivity index (χ2n) is 7.67. The monoisotopic (exact) mass is 381 g/mol. The number of likely N-dealkylation sites (N-methyl/N-ethyl adjacent to an activating group) is 1. The Labute approximate surface area is 168 Å². The van der Waals surface area contributed by atoms with Gasteiger partial charge >= 0.3 is 5.97 Å². The molecule has 2 aromatic carbocycles. The molecule has 0 saturated carbocycles. The summed E-state index contributed by atoms with van der Waals surface area (Å²) in [5, 5.41) is 8.94. The van der Waals surface area contributed by atoms with Gasteiger partial charge in [0, 0.05) is 18.0 Å². The van der Waals surface area contributed by atoms with Crippen LogP contribution in [0.4, 0.5) is 0 Å². The van der Waals surface area contributed by atoms with Gasteiger partial charge in [-0.25, -0.2) is 0 Å². The number of hydrogen-bond donors (Lipinski definition) is 1. The van der Waals surface area contributed by atoms with E-state index in [1.807, 2.05) is 19.1 Å². The molecule has 2 aromatic rings. The highest BCUT2D eigenvalue weighted by atomic mass is 16.4. The zero-order chi connectivity index (χ0) is 21.1. The average Bonchev–Trinajstić information content (AvgIpc) is 2.65. The van der Waals surface area contributed by atoms with Gasteiger partial charge in [0.2, 0.25) is 0 Å². The van der Waals surface area contributed by atoms with Crippen molar-refractivity contribution >= 4 is 11.9 Å². The molecule has 1 amide bonds. The van der Waals surface area contributed by atoms with Crippen LogP contribution in [0.5, 0.6) is 0 Å². The van der Waals surface area contributed by atoms with Crippen molar-refractivity contribution in [3.05, 3.63) is 69.8 Å². The number of nitrogens with zero attached hydrogens (tertiary/aromatic N) is 1. The van der Waals surface area contributed by atoms with E-state index in [-0.39, 0.29) is 17.9 Å². The minimum atomic E-state index is -1.02. The van der Waals surface area contributed by atoms with Crippen molar-refractivity contribution < 1.29 is 14.7 Å². The molecule has 4 heteroatoms. The van der Waals surface area contributed by atoms with E-state index in [2.05, 4.69) is 52.0 Å². The van der Waals surface area contributed by atoms with E-state index in [0.29, 0.717) is 5.56 Å². The van der Waals surface area contributed by atoms with Crippen molar-refractivity contribution in [3.63, 3.8) is 0 Å². The zero-order valence-corrected chi connectivity index (χ0v) is 17.8. The number of amides is 1. The number of carbonyl (C=O) groups is 2. The highest BCUT2D eigenvalue weighted by Crippen LogP contribution is 2.40. The fourth-order valence-electron chi connectivity index (χ4n) is 3.95.